The molecular weight excluding hydrogens is 468 g/mol. The molecule has 188 valence electrons. The van der Waals surface area contributed by atoms with Crippen LogP contribution in [0, 0.1) is 13.8 Å². The van der Waals surface area contributed by atoms with Crippen LogP contribution < -0.4 is 21.3 Å². The minimum absolute atomic E-state index is 0.246. The first-order chi connectivity index (χ1) is 17.8. The Balaban J connectivity index is 1.70. The number of amides is 1. The zero-order valence-corrected chi connectivity index (χ0v) is 21.2. The van der Waals surface area contributed by atoms with Crippen LogP contribution in [0.5, 0.6) is 5.75 Å². The highest BCUT2D eigenvalue weighted by atomic mass is 16.5. The average molecular weight is 497 g/mol. The Hall–Kier alpha value is -4.59. The first-order valence-corrected chi connectivity index (χ1v) is 12.0. The number of nitrogens with zero attached hydrogens (tertiary/aromatic N) is 3. The number of hydrogen-bond donors (Lipinski definition) is 1. The molecule has 5 rings (SSSR count). The highest BCUT2D eigenvalue weighted by Crippen LogP contribution is 2.29. The molecule has 0 bridgehead atoms. The van der Waals surface area contributed by atoms with E-state index in [9.17, 15) is 14.4 Å². The number of hydrogen-bond acceptors (Lipinski definition) is 4. The van der Waals surface area contributed by atoms with Gasteiger partial charge in [-0.2, -0.15) is 0 Å². The maximum atomic E-state index is 13.9. The van der Waals surface area contributed by atoms with Crippen LogP contribution in [0.2, 0.25) is 0 Å². The van der Waals surface area contributed by atoms with Crippen molar-refractivity contribution in [2.75, 3.05) is 7.11 Å². The first kappa shape index (κ1) is 24.1. The second-order valence-corrected chi connectivity index (χ2v) is 9.25. The molecule has 2 aromatic heterocycles. The van der Waals surface area contributed by atoms with E-state index < -0.39 is 11.2 Å². The lowest BCUT2D eigenvalue weighted by Gasteiger charge is -2.14. The van der Waals surface area contributed by atoms with E-state index in [4.69, 9.17) is 4.74 Å². The van der Waals surface area contributed by atoms with E-state index in [1.807, 2.05) is 50.2 Å². The van der Waals surface area contributed by atoms with Crippen LogP contribution in [-0.4, -0.2) is 26.7 Å². The van der Waals surface area contributed by atoms with Crippen LogP contribution >= 0.6 is 0 Å². The van der Waals surface area contributed by atoms with Crippen molar-refractivity contribution in [2.45, 2.75) is 26.9 Å². The third kappa shape index (κ3) is 4.31. The van der Waals surface area contributed by atoms with Crippen molar-refractivity contribution in [3.63, 3.8) is 0 Å². The van der Waals surface area contributed by atoms with Gasteiger partial charge in [0.2, 0.25) is 5.91 Å². The number of aryl methyl sites for hydroxylation is 3. The van der Waals surface area contributed by atoms with Crippen LogP contribution in [0.15, 0.2) is 76.3 Å². The molecule has 1 amide bonds. The van der Waals surface area contributed by atoms with Gasteiger partial charge in [-0.1, -0.05) is 42.0 Å². The Labute approximate surface area is 213 Å². The number of methoxy groups -OCH3 is 1. The maximum Gasteiger partial charge on any atom is 0.336 e. The van der Waals surface area contributed by atoms with Crippen LogP contribution in [0.4, 0.5) is 0 Å². The SMILES string of the molecule is COc1ccc2c(c1)c1c(c(=O)n(-c3cccc(C)c3)c(=O)n1CC(=O)NCc1ccc(C)cc1)n2C. The number of fused-ring (bicyclic) bond motifs is 3. The molecule has 0 radical (unpaired) electrons. The molecule has 0 saturated carbocycles. The second kappa shape index (κ2) is 9.46. The molecule has 0 saturated heterocycles. The topological polar surface area (TPSA) is 87.3 Å². The number of rotatable bonds is 6. The fraction of sp³-hybridized carbons (Fsp3) is 0.207. The molecule has 37 heavy (non-hydrogen) atoms. The number of nitrogens with one attached hydrogen (secondary N) is 1. The predicted octanol–water partition coefficient (Wildman–Crippen LogP) is 3.59. The van der Waals surface area contributed by atoms with Gasteiger partial charge in [-0.15, -0.1) is 0 Å². The molecule has 0 fully saturated rings. The zero-order valence-electron chi connectivity index (χ0n) is 21.2. The quantitative estimate of drug-likeness (QED) is 0.389. The van der Waals surface area contributed by atoms with E-state index in [1.165, 1.54) is 4.57 Å². The number of benzene rings is 3. The molecule has 0 aliphatic carbocycles. The number of carbonyl (C=O) groups excluding carboxylic acids is 1. The molecule has 2 heterocycles. The summed E-state index contributed by atoms with van der Waals surface area (Å²) in [5.74, 6) is 0.254. The monoisotopic (exact) mass is 496 g/mol. The lowest BCUT2D eigenvalue weighted by atomic mass is 10.1. The number of aromatic nitrogens is 3. The molecule has 3 aromatic carbocycles. The predicted molar refractivity (Wildman–Crippen MR) is 145 cm³/mol. The van der Waals surface area contributed by atoms with Gasteiger partial charge in [0.15, 0.2) is 0 Å². The lowest BCUT2D eigenvalue weighted by Crippen LogP contribution is -2.42. The van der Waals surface area contributed by atoms with Crippen molar-refractivity contribution >= 4 is 27.8 Å². The van der Waals surface area contributed by atoms with Gasteiger partial charge >= 0.3 is 5.69 Å². The summed E-state index contributed by atoms with van der Waals surface area (Å²) in [5.41, 5.74) is 3.91. The van der Waals surface area contributed by atoms with E-state index >= 15 is 0 Å². The molecule has 8 nitrogen and oxygen atoms in total. The Morgan fingerprint density at radius 2 is 1.68 bits per heavy atom. The van der Waals surface area contributed by atoms with Crippen molar-refractivity contribution in [1.82, 2.24) is 19.0 Å². The lowest BCUT2D eigenvalue weighted by molar-refractivity contribution is -0.121. The minimum atomic E-state index is -0.580. The summed E-state index contributed by atoms with van der Waals surface area (Å²) in [6.07, 6.45) is 0. The van der Waals surface area contributed by atoms with Crippen molar-refractivity contribution in [1.29, 1.82) is 0 Å². The van der Waals surface area contributed by atoms with E-state index in [0.29, 0.717) is 34.4 Å². The summed E-state index contributed by atoms with van der Waals surface area (Å²) in [5, 5.41) is 3.56. The average Bonchev–Trinajstić information content (AvgIpc) is 3.18. The third-order valence-electron chi connectivity index (χ3n) is 6.65. The van der Waals surface area contributed by atoms with Crippen molar-refractivity contribution in [3.05, 3.63) is 104 Å². The van der Waals surface area contributed by atoms with Crippen LogP contribution in [-0.2, 0) is 24.9 Å². The van der Waals surface area contributed by atoms with Gasteiger partial charge in [0.05, 0.1) is 23.8 Å². The Bertz CT molecular complexity index is 1780. The summed E-state index contributed by atoms with van der Waals surface area (Å²) in [6.45, 7) is 3.98. The summed E-state index contributed by atoms with van der Waals surface area (Å²) in [4.78, 5) is 40.8. The normalized spacial score (nSPS) is 11.2. The van der Waals surface area contributed by atoms with E-state index in [2.05, 4.69) is 5.32 Å². The minimum Gasteiger partial charge on any atom is -0.497 e. The summed E-state index contributed by atoms with van der Waals surface area (Å²) < 4.78 is 9.69. The molecule has 0 atom stereocenters. The molecule has 8 heteroatoms. The highest BCUT2D eigenvalue weighted by Gasteiger charge is 2.23. The van der Waals surface area contributed by atoms with Gasteiger partial charge < -0.3 is 14.6 Å². The fourth-order valence-electron chi connectivity index (χ4n) is 4.71. The largest absolute Gasteiger partial charge is 0.497 e. The van der Waals surface area contributed by atoms with Crippen molar-refractivity contribution in [2.24, 2.45) is 7.05 Å². The molecule has 0 aliphatic heterocycles. The summed E-state index contributed by atoms with van der Waals surface area (Å²) in [6, 6.07) is 20.5. The van der Waals surface area contributed by atoms with Crippen molar-refractivity contribution in [3.8, 4) is 11.4 Å². The summed E-state index contributed by atoms with van der Waals surface area (Å²) in [7, 11) is 3.34. The Morgan fingerprint density at radius 1 is 0.919 bits per heavy atom. The van der Waals surface area contributed by atoms with Crippen LogP contribution in [0.1, 0.15) is 16.7 Å². The van der Waals surface area contributed by atoms with E-state index in [-0.39, 0.29) is 12.5 Å². The highest BCUT2D eigenvalue weighted by molar-refractivity contribution is 6.06. The zero-order chi connectivity index (χ0) is 26.3. The first-order valence-electron chi connectivity index (χ1n) is 12.0. The molecule has 1 N–H and O–H groups in total. The van der Waals surface area contributed by atoms with Crippen molar-refractivity contribution < 1.29 is 9.53 Å². The molecule has 5 aromatic rings. The molecular formula is C29H28N4O4. The summed E-state index contributed by atoms with van der Waals surface area (Å²) >= 11 is 0. The Kier molecular flexibility index (Phi) is 6.17. The third-order valence-corrected chi connectivity index (χ3v) is 6.65. The van der Waals surface area contributed by atoms with Gasteiger partial charge in [0.1, 0.15) is 17.8 Å². The van der Waals surface area contributed by atoms with Gasteiger partial charge in [0, 0.05) is 19.0 Å². The van der Waals surface area contributed by atoms with Gasteiger partial charge in [0.25, 0.3) is 5.56 Å². The maximum absolute atomic E-state index is 13.9. The second-order valence-electron chi connectivity index (χ2n) is 9.25. The molecule has 0 aliphatic rings. The van der Waals surface area contributed by atoms with E-state index in [1.54, 1.807) is 49.1 Å². The van der Waals surface area contributed by atoms with Gasteiger partial charge in [-0.25, -0.2) is 9.36 Å². The molecule has 0 spiro atoms. The fourth-order valence-corrected chi connectivity index (χ4v) is 4.71. The van der Waals surface area contributed by atoms with Crippen LogP contribution in [0.3, 0.4) is 0 Å². The Morgan fingerprint density at radius 3 is 2.38 bits per heavy atom. The standard InChI is InChI=1S/C29H28N4O4/c1-18-8-10-20(11-9-18)16-30-25(34)17-32-26-23-15-22(37-4)12-13-24(23)31(3)27(26)28(35)33(29(32)36)21-7-5-6-19(2)14-21/h5-15H,16-17H2,1-4H3,(H,30,34). The molecule has 0 unspecified atom stereocenters. The number of ether oxygens (including phenoxy) is 1. The van der Waals surface area contributed by atoms with Gasteiger partial charge in [-0.05, 0) is 55.3 Å². The van der Waals surface area contributed by atoms with E-state index in [0.717, 1.165) is 26.8 Å². The van der Waals surface area contributed by atoms with Gasteiger partial charge in [-0.3, -0.25) is 14.2 Å². The van der Waals surface area contributed by atoms with Crippen LogP contribution in [0.25, 0.3) is 27.6 Å². The number of carbonyl (C=O) groups is 1. The smallest absolute Gasteiger partial charge is 0.336 e.